The van der Waals surface area contributed by atoms with Crippen molar-refractivity contribution in [1.82, 2.24) is 0 Å². The molecule has 0 aliphatic carbocycles. The number of rotatable bonds is 0. The van der Waals surface area contributed by atoms with Crippen LogP contribution in [0.25, 0.3) is 0 Å². The Kier molecular flexibility index (Phi) is 20.7. The molecule has 0 radical (unpaired) electrons. The number of hydrogen-bond donors (Lipinski definition) is 0. The Morgan fingerprint density at radius 3 is 1.75 bits per heavy atom. The van der Waals surface area contributed by atoms with E-state index < -0.39 is 0 Å². The fourth-order valence-electron chi connectivity index (χ4n) is 0. The van der Waals surface area contributed by atoms with Crippen molar-refractivity contribution in [3.05, 3.63) is 0 Å². The van der Waals surface area contributed by atoms with Crippen molar-refractivity contribution in [3.63, 3.8) is 0 Å². The summed E-state index contributed by atoms with van der Waals surface area (Å²) in [4.78, 5) is 0. The van der Waals surface area contributed by atoms with Crippen LogP contribution in [0, 0.1) is 0 Å². The van der Waals surface area contributed by atoms with Gasteiger partial charge in [-0.25, -0.2) is 0 Å². The van der Waals surface area contributed by atoms with E-state index in [1.807, 2.05) is 22.1 Å². The molecular weight excluding hydrogens is 375 g/mol. The SMILES string of the molecule is [BiH3].[SiH3]B[TeH]. The maximum absolute atomic E-state index is 1.91. The molecule has 0 rings (SSSR count). The van der Waals surface area contributed by atoms with E-state index >= 15 is 0 Å². The molecule has 0 nitrogen and oxygen atoms in total. The first-order chi connectivity index (χ1) is 1.41. The molecule has 0 aliphatic rings. The van der Waals surface area contributed by atoms with Gasteiger partial charge in [0.05, 0.1) is 0 Å². The molecule has 0 unspecified atom stereocenters. The van der Waals surface area contributed by atoms with Crippen LogP contribution in [-0.4, -0.2) is 63.2 Å². The van der Waals surface area contributed by atoms with Crippen LogP contribution in [0.3, 0.4) is 0 Å². The third kappa shape index (κ3) is 9.04. The Hall–Kier alpha value is 1.95. The van der Waals surface area contributed by atoms with E-state index in [-0.39, 0.29) is 26.2 Å². The molecule has 0 atom stereocenters. The van der Waals surface area contributed by atoms with Crippen molar-refractivity contribution in [3.8, 4) is 0 Å². The molecule has 0 saturated carbocycles. The predicted octanol–water partition coefficient (Wildman–Crippen LogP) is -3.66. The summed E-state index contributed by atoms with van der Waals surface area (Å²) in [5, 5.41) is 0. The van der Waals surface area contributed by atoms with E-state index in [0.29, 0.717) is 0 Å². The van der Waals surface area contributed by atoms with Gasteiger partial charge in [0.1, 0.15) is 0 Å². The summed E-state index contributed by atoms with van der Waals surface area (Å²) in [5.74, 6) is 0. The van der Waals surface area contributed by atoms with Gasteiger partial charge in [-0.3, -0.25) is 0 Å². The monoisotopic (exact) mass is 386 g/mol. The second kappa shape index (κ2) is 8.88. The Balaban J connectivity index is 0. The summed E-state index contributed by atoms with van der Waals surface area (Å²) in [6.07, 6.45) is 0. The van der Waals surface area contributed by atoms with E-state index in [1.165, 1.54) is 14.9 Å². The van der Waals surface area contributed by atoms with Crippen LogP contribution in [-0.2, 0) is 0 Å². The average Bonchev–Trinajstić information content (AvgIpc) is 0.918. The molecule has 4 heavy (non-hydrogen) atoms. The van der Waals surface area contributed by atoms with E-state index in [9.17, 15) is 0 Å². The van der Waals surface area contributed by atoms with Crippen LogP contribution in [0.4, 0.5) is 0 Å². The fourth-order valence-corrected chi connectivity index (χ4v) is 0. The topological polar surface area (TPSA) is 0 Å². The van der Waals surface area contributed by atoms with Crippen molar-refractivity contribution < 1.29 is 0 Å². The first-order valence-electron chi connectivity index (χ1n) is 1.02. The van der Waals surface area contributed by atoms with Crippen molar-refractivity contribution in [2.24, 2.45) is 0 Å². The maximum atomic E-state index is 1.91. The standard InChI is InChI=1S/BH5SiTe.Bi.3H/c2-1-3;;;;/h1,3H,2H3;;;;. The van der Waals surface area contributed by atoms with E-state index in [2.05, 4.69) is 0 Å². The van der Waals surface area contributed by atoms with Gasteiger partial charge in [0, 0.05) is 0 Å². The molecule has 0 N–H and O–H groups in total. The summed E-state index contributed by atoms with van der Waals surface area (Å²) in [5.41, 5.74) is 0. The predicted molar refractivity (Wildman–Crippen MR) is 34.2 cm³/mol. The van der Waals surface area contributed by atoms with Crippen molar-refractivity contribution in [1.29, 1.82) is 0 Å². The van der Waals surface area contributed by atoms with Crippen LogP contribution in [0.5, 0.6) is 0 Å². The molecule has 0 aromatic heterocycles. The first-order valence-corrected chi connectivity index (χ1v) is 4.24. The van der Waals surface area contributed by atoms with Crippen LogP contribution in [0.15, 0.2) is 0 Å². The summed E-state index contributed by atoms with van der Waals surface area (Å²) >= 11 is 1.91. The Labute approximate surface area is 62.5 Å². The van der Waals surface area contributed by atoms with Gasteiger partial charge in [-0.05, 0) is 0 Å². The molecule has 0 fully saturated rings. The van der Waals surface area contributed by atoms with Crippen LogP contribution in [0.2, 0.25) is 0 Å². The quantitative estimate of drug-likeness (QED) is 0.379. The minimum absolute atomic E-state index is 0. The van der Waals surface area contributed by atoms with Gasteiger partial charge in [0.15, 0.2) is 0 Å². The molecule has 0 saturated heterocycles. The molecule has 0 spiro atoms. The summed E-state index contributed by atoms with van der Waals surface area (Å²) in [6, 6.07) is 0. The molecule has 26 valence electrons. The minimum atomic E-state index is 0. The van der Waals surface area contributed by atoms with Crippen molar-refractivity contribution >= 4 is 63.2 Å². The van der Waals surface area contributed by atoms with Gasteiger partial charge in [-0.15, -0.1) is 0 Å². The van der Waals surface area contributed by atoms with Crippen LogP contribution >= 0.6 is 0 Å². The Morgan fingerprint density at radius 1 is 1.75 bits per heavy atom. The van der Waals surface area contributed by atoms with Gasteiger partial charge >= 0.3 is 63.2 Å². The van der Waals surface area contributed by atoms with Crippen molar-refractivity contribution in [2.45, 2.75) is 0 Å². The van der Waals surface area contributed by atoms with E-state index in [1.54, 1.807) is 0 Å². The summed E-state index contributed by atoms with van der Waals surface area (Å²) in [6.45, 7) is 0. The Morgan fingerprint density at radius 2 is 1.75 bits per heavy atom. The third-order valence-corrected chi connectivity index (χ3v) is 0. The molecule has 0 amide bonds. The summed E-state index contributed by atoms with van der Waals surface area (Å²) < 4.78 is 1.44. The van der Waals surface area contributed by atoms with Gasteiger partial charge in [-0.1, -0.05) is 0 Å². The van der Waals surface area contributed by atoms with Crippen molar-refractivity contribution in [2.75, 3.05) is 0 Å². The summed E-state index contributed by atoms with van der Waals surface area (Å²) in [7, 11) is 1.39. The zero-order chi connectivity index (χ0) is 2.71. The molecule has 0 aliphatic heterocycles. The molecule has 4 heteroatoms. The second-order valence-electron chi connectivity index (χ2n) is 0.316. The van der Waals surface area contributed by atoms with Crippen LogP contribution in [0.1, 0.15) is 0 Å². The number of hydrogen-bond acceptors (Lipinski definition) is 0. The van der Waals surface area contributed by atoms with E-state index in [0.717, 1.165) is 0 Å². The van der Waals surface area contributed by atoms with Gasteiger partial charge < -0.3 is 0 Å². The molecule has 0 bridgehead atoms. The molecular formula is H8BBiSiTe. The fraction of sp³-hybridized carbons (Fsp3) is 0. The van der Waals surface area contributed by atoms with E-state index in [4.69, 9.17) is 0 Å². The average molecular weight is 384 g/mol. The third-order valence-electron chi connectivity index (χ3n) is 0. The first kappa shape index (κ1) is 9.35. The molecule has 0 heterocycles. The van der Waals surface area contributed by atoms with Gasteiger partial charge in [0.2, 0.25) is 0 Å². The molecule has 0 aromatic carbocycles. The Bertz CT molecular complexity index is 8.00. The normalized spacial score (nSPS) is 4.25. The molecule has 0 aromatic rings. The zero-order valence-corrected chi connectivity index (χ0v) is 12.9. The van der Waals surface area contributed by atoms with Gasteiger partial charge in [0.25, 0.3) is 0 Å². The van der Waals surface area contributed by atoms with Gasteiger partial charge in [-0.2, -0.15) is 0 Å². The zero-order valence-electron chi connectivity index (χ0n) is 2.86. The van der Waals surface area contributed by atoms with Crippen LogP contribution < -0.4 is 0 Å². The second-order valence-corrected chi connectivity index (χ2v) is 6.36.